The van der Waals surface area contributed by atoms with Gasteiger partial charge in [-0.3, -0.25) is 9.59 Å². The molecule has 0 unspecified atom stereocenters. The second-order valence-electron chi connectivity index (χ2n) is 6.43. The summed E-state index contributed by atoms with van der Waals surface area (Å²) in [7, 11) is 0. The maximum atomic E-state index is 14.0. The van der Waals surface area contributed by atoms with Crippen molar-refractivity contribution in [1.29, 1.82) is 0 Å². The van der Waals surface area contributed by atoms with E-state index in [1.54, 1.807) is 50.2 Å². The Hall–Kier alpha value is -3.48. The van der Waals surface area contributed by atoms with Gasteiger partial charge in [0, 0.05) is 11.1 Å². The zero-order valence-corrected chi connectivity index (χ0v) is 15.5. The highest BCUT2D eigenvalue weighted by Crippen LogP contribution is 2.12. The lowest BCUT2D eigenvalue weighted by Crippen LogP contribution is -2.47. The summed E-state index contributed by atoms with van der Waals surface area (Å²) in [5.74, 6) is -3.58. The molecule has 0 saturated carbocycles. The molecule has 1 atom stereocenters. The zero-order chi connectivity index (χ0) is 20.7. The van der Waals surface area contributed by atoms with E-state index in [9.17, 15) is 23.9 Å². The van der Waals surface area contributed by atoms with E-state index in [-0.39, 0.29) is 17.2 Å². The Morgan fingerprint density at radius 3 is 2.18 bits per heavy atom. The Balaban J connectivity index is 2.35. The third-order valence-corrected chi connectivity index (χ3v) is 3.95. The third-order valence-electron chi connectivity index (χ3n) is 3.95. The summed E-state index contributed by atoms with van der Waals surface area (Å²) in [6.07, 6.45) is 1.17. The molecule has 146 valence electrons. The fraction of sp³-hybridized carbons (Fsp3) is 0.190. The molecule has 2 aromatic carbocycles. The molecule has 2 aromatic rings. The lowest BCUT2D eigenvalue weighted by atomic mass is 10.0. The fourth-order valence-corrected chi connectivity index (χ4v) is 2.42. The predicted molar refractivity (Wildman–Crippen MR) is 103 cm³/mol. The molecule has 0 aliphatic carbocycles. The first-order valence-corrected chi connectivity index (χ1v) is 8.66. The SMILES string of the molecule is CC(C)[C@H](NC(=O)/C(=C\c1ccccc1F)NC(=O)c1ccccc1)C(=O)O. The highest BCUT2D eigenvalue weighted by molar-refractivity contribution is 6.06. The number of hydrogen-bond acceptors (Lipinski definition) is 3. The molecule has 2 amide bonds. The molecular weight excluding hydrogens is 363 g/mol. The Morgan fingerprint density at radius 1 is 1.00 bits per heavy atom. The van der Waals surface area contributed by atoms with Gasteiger partial charge < -0.3 is 15.7 Å². The highest BCUT2D eigenvalue weighted by Gasteiger charge is 2.26. The van der Waals surface area contributed by atoms with Crippen LogP contribution in [-0.4, -0.2) is 28.9 Å². The van der Waals surface area contributed by atoms with Crippen molar-refractivity contribution in [3.63, 3.8) is 0 Å². The topological polar surface area (TPSA) is 95.5 Å². The van der Waals surface area contributed by atoms with Crippen molar-refractivity contribution >= 4 is 23.9 Å². The molecule has 0 saturated heterocycles. The van der Waals surface area contributed by atoms with Gasteiger partial charge in [-0.2, -0.15) is 0 Å². The summed E-state index contributed by atoms with van der Waals surface area (Å²) in [6, 6.07) is 12.7. The molecular formula is C21H21FN2O4. The van der Waals surface area contributed by atoms with Crippen LogP contribution >= 0.6 is 0 Å². The highest BCUT2D eigenvalue weighted by atomic mass is 19.1. The maximum Gasteiger partial charge on any atom is 0.326 e. The minimum absolute atomic E-state index is 0.0810. The molecule has 0 bridgehead atoms. The average Bonchev–Trinajstić information content (AvgIpc) is 2.67. The standard InChI is InChI=1S/C21H21FN2O4/c1-13(2)18(21(27)28)24-20(26)17(12-15-10-6-7-11-16(15)22)23-19(25)14-8-4-3-5-9-14/h3-13,18H,1-2H3,(H,23,25)(H,24,26)(H,27,28)/b17-12+/t18-/m0/s1. The van der Waals surface area contributed by atoms with E-state index in [0.717, 1.165) is 0 Å². The number of aliphatic carboxylic acids is 1. The van der Waals surface area contributed by atoms with Crippen LogP contribution in [0.4, 0.5) is 4.39 Å². The summed E-state index contributed by atoms with van der Waals surface area (Å²) >= 11 is 0. The van der Waals surface area contributed by atoms with Gasteiger partial charge in [-0.05, 0) is 30.2 Å². The number of halogens is 1. The Kier molecular flexibility index (Phi) is 7.03. The molecule has 3 N–H and O–H groups in total. The van der Waals surface area contributed by atoms with Gasteiger partial charge in [0.2, 0.25) is 0 Å². The first-order valence-electron chi connectivity index (χ1n) is 8.66. The second-order valence-corrected chi connectivity index (χ2v) is 6.43. The summed E-state index contributed by atoms with van der Waals surface area (Å²) in [4.78, 5) is 36.5. The Bertz CT molecular complexity index is 894. The average molecular weight is 384 g/mol. The van der Waals surface area contributed by atoms with Crippen LogP contribution in [0, 0.1) is 11.7 Å². The van der Waals surface area contributed by atoms with E-state index in [1.165, 1.54) is 24.3 Å². The van der Waals surface area contributed by atoms with Gasteiger partial charge in [0.25, 0.3) is 11.8 Å². The Labute approximate surface area is 162 Å². The molecule has 7 heteroatoms. The molecule has 0 heterocycles. The number of nitrogens with one attached hydrogen (secondary N) is 2. The van der Waals surface area contributed by atoms with Gasteiger partial charge >= 0.3 is 5.97 Å². The van der Waals surface area contributed by atoms with Crippen LogP contribution in [0.1, 0.15) is 29.8 Å². The van der Waals surface area contributed by atoms with Crippen molar-refractivity contribution in [1.82, 2.24) is 10.6 Å². The lowest BCUT2D eigenvalue weighted by molar-refractivity contribution is -0.142. The van der Waals surface area contributed by atoms with Crippen molar-refractivity contribution in [2.24, 2.45) is 5.92 Å². The minimum Gasteiger partial charge on any atom is -0.480 e. The molecule has 6 nitrogen and oxygen atoms in total. The monoisotopic (exact) mass is 384 g/mol. The smallest absolute Gasteiger partial charge is 0.326 e. The number of amides is 2. The fourth-order valence-electron chi connectivity index (χ4n) is 2.42. The van der Waals surface area contributed by atoms with Crippen LogP contribution < -0.4 is 10.6 Å². The van der Waals surface area contributed by atoms with Crippen molar-refractivity contribution in [3.05, 3.63) is 77.2 Å². The van der Waals surface area contributed by atoms with E-state index in [1.807, 2.05) is 0 Å². The summed E-state index contributed by atoms with van der Waals surface area (Å²) < 4.78 is 14.0. The first-order chi connectivity index (χ1) is 13.3. The summed E-state index contributed by atoms with van der Waals surface area (Å²) in [6.45, 7) is 3.28. The van der Waals surface area contributed by atoms with Gasteiger partial charge in [-0.15, -0.1) is 0 Å². The van der Waals surface area contributed by atoms with Gasteiger partial charge in [-0.25, -0.2) is 9.18 Å². The molecule has 0 spiro atoms. The predicted octanol–water partition coefficient (Wildman–Crippen LogP) is 2.82. The number of rotatable bonds is 7. The minimum atomic E-state index is -1.21. The first kappa shape index (κ1) is 20.8. The molecule has 0 aliphatic rings. The van der Waals surface area contributed by atoms with Gasteiger partial charge in [0.15, 0.2) is 0 Å². The number of hydrogen-bond donors (Lipinski definition) is 3. The van der Waals surface area contributed by atoms with Crippen LogP contribution in [-0.2, 0) is 9.59 Å². The third kappa shape index (κ3) is 5.51. The Morgan fingerprint density at radius 2 is 1.61 bits per heavy atom. The van der Waals surface area contributed by atoms with Crippen molar-refractivity contribution in [3.8, 4) is 0 Å². The van der Waals surface area contributed by atoms with Crippen molar-refractivity contribution in [2.75, 3.05) is 0 Å². The molecule has 0 fully saturated rings. The van der Waals surface area contributed by atoms with E-state index in [0.29, 0.717) is 5.56 Å². The van der Waals surface area contributed by atoms with Crippen molar-refractivity contribution < 1.29 is 23.9 Å². The van der Waals surface area contributed by atoms with E-state index in [2.05, 4.69) is 10.6 Å². The maximum absolute atomic E-state index is 14.0. The number of carboxylic acids is 1. The molecule has 0 radical (unpaired) electrons. The number of carbonyl (C=O) groups excluding carboxylic acids is 2. The second kappa shape index (κ2) is 9.45. The molecule has 0 aromatic heterocycles. The molecule has 28 heavy (non-hydrogen) atoms. The van der Waals surface area contributed by atoms with Crippen LogP contribution in [0.25, 0.3) is 6.08 Å². The summed E-state index contributed by atoms with van der Waals surface area (Å²) in [5, 5.41) is 14.1. The largest absolute Gasteiger partial charge is 0.480 e. The van der Waals surface area contributed by atoms with Gasteiger partial charge in [0.1, 0.15) is 17.6 Å². The van der Waals surface area contributed by atoms with Gasteiger partial charge in [0.05, 0.1) is 0 Å². The van der Waals surface area contributed by atoms with Crippen LogP contribution in [0.2, 0.25) is 0 Å². The van der Waals surface area contributed by atoms with E-state index in [4.69, 9.17) is 0 Å². The van der Waals surface area contributed by atoms with E-state index >= 15 is 0 Å². The molecule has 2 rings (SSSR count). The quantitative estimate of drug-likeness (QED) is 0.640. The molecule has 0 aliphatic heterocycles. The number of benzene rings is 2. The lowest BCUT2D eigenvalue weighted by Gasteiger charge is -2.19. The number of carbonyl (C=O) groups is 3. The van der Waals surface area contributed by atoms with Crippen LogP contribution in [0.15, 0.2) is 60.3 Å². The zero-order valence-electron chi connectivity index (χ0n) is 15.5. The van der Waals surface area contributed by atoms with Crippen LogP contribution in [0.5, 0.6) is 0 Å². The van der Waals surface area contributed by atoms with E-state index < -0.39 is 29.6 Å². The summed E-state index contributed by atoms with van der Waals surface area (Å²) in [5.41, 5.74) is 0.122. The van der Waals surface area contributed by atoms with Crippen molar-refractivity contribution in [2.45, 2.75) is 19.9 Å². The van der Waals surface area contributed by atoms with Gasteiger partial charge in [-0.1, -0.05) is 50.2 Å². The normalized spacial score (nSPS) is 12.4. The van der Waals surface area contributed by atoms with Crippen LogP contribution in [0.3, 0.4) is 0 Å². The number of carboxylic acid groups (broad SMARTS) is 1.